The van der Waals surface area contributed by atoms with E-state index in [1.165, 1.54) is 11.6 Å². The molecule has 2 heterocycles. The summed E-state index contributed by atoms with van der Waals surface area (Å²) in [5, 5.41) is 3.35. The van der Waals surface area contributed by atoms with Gasteiger partial charge in [-0.25, -0.2) is 14.8 Å². The van der Waals surface area contributed by atoms with Crippen LogP contribution in [0, 0.1) is 12.8 Å². The fourth-order valence-electron chi connectivity index (χ4n) is 3.28. The van der Waals surface area contributed by atoms with Crippen molar-refractivity contribution in [1.29, 1.82) is 0 Å². The monoisotopic (exact) mass is 469 g/mol. The molecule has 0 saturated heterocycles. The Morgan fingerprint density at radius 3 is 2.39 bits per heavy atom. The number of amides is 1. The molecule has 2 aromatic heterocycles. The molecule has 0 radical (unpaired) electrons. The van der Waals surface area contributed by atoms with E-state index in [0.717, 1.165) is 16.3 Å². The predicted molar refractivity (Wildman–Crippen MR) is 129 cm³/mol. The summed E-state index contributed by atoms with van der Waals surface area (Å²) in [6.45, 7) is 7.81. The fourth-order valence-corrected chi connectivity index (χ4v) is 4.24. The van der Waals surface area contributed by atoms with E-state index in [9.17, 15) is 19.2 Å². The van der Waals surface area contributed by atoms with Crippen LogP contribution >= 0.6 is 11.8 Å². The number of hydrogen-bond acceptors (Lipinski definition) is 7. The highest BCUT2D eigenvalue weighted by Crippen LogP contribution is 2.24. The lowest BCUT2D eigenvalue weighted by atomic mass is 10.1. The second kappa shape index (κ2) is 10.1. The highest BCUT2D eigenvalue weighted by molar-refractivity contribution is 8.00. The number of aryl methyl sites for hydroxylation is 1. The summed E-state index contributed by atoms with van der Waals surface area (Å²) in [7, 11) is 1.43. The molecule has 33 heavy (non-hydrogen) atoms. The van der Waals surface area contributed by atoms with Gasteiger partial charge in [-0.15, -0.1) is 0 Å². The summed E-state index contributed by atoms with van der Waals surface area (Å²) in [6.07, 6.45) is 0.369. The van der Waals surface area contributed by atoms with Gasteiger partial charge in [-0.05, 0) is 37.1 Å². The molecule has 10 heteroatoms. The first-order valence-corrected chi connectivity index (χ1v) is 11.6. The summed E-state index contributed by atoms with van der Waals surface area (Å²) in [6, 6.07) is 6.65. The van der Waals surface area contributed by atoms with Gasteiger partial charge in [0.1, 0.15) is 16.2 Å². The average molecular weight is 470 g/mol. The number of fused-ring (bicyclic) bond motifs is 1. The second-order valence-corrected chi connectivity index (χ2v) is 9.08. The molecule has 1 aromatic carbocycles. The third-order valence-electron chi connectivity index (χ3n) is 4.96. The lowest BCUT2D eigenvalue weighted by molar-refractivity contribution is -0.115. The Morgan fingerprint density at radius 2 is 1.79 bits per heavy atom. The molecule has 0 atom stereocenters. The SMILES string of the molecule is CCC(=O)Nc1ccc(C(=O)CSc2nc(C)nc3c2c(=O)n(C)c(=O)n3CC(C)C)cc1. The van der Waals surface area contributed by atoms with Crippen LogP contribution in [0.3, 0.4) is 0 Å². The zero-order valence-electron chi connectivity index (χ0n) is 19.3. The van der Waals surface area contributed by atoms with Crippen molar-refractivity contribution in [1.82, 2.24) is 19.1 Å². The third-order valence-corrected chi connectivity index (χ3v) is 5.94. The van der Waals surface area contributed by atoms with Gasteiger partial charge < -0.3 is 5.32 Å². The van der Waals surface area contributed by atoms with Crippen LogP contribution in [0.15, 0.2) is 38.9 Å². The van der Waals surface area contributed by atoms with E-state index in [4.69, 9.17) is 0 Å². The van der Waals surface area contributed by atoms with E-state index < -0.39 is 11.2 Å². The molecule has 0 spiro atoms. The van der Waals surface area contributed by atoms with Crippen molar-refractivity contribution in [3.63, 3.8) is 0 Å². The van der Waals surface area contributed by atoms with Gasteiger partial charge in [0.25, 0.3) is 5.56 Å². The van der Waals surface area contributed by atoms with Crippen LogP contribution in [-0.2, 0) is 18.4 Å². The highest BCUT2D eigenvalue weighted by atomic mass is 32.2. The van der Waals surface area contributed by atoms with Crippen LogP contribution in [0.25, 0.3) is 11.0 Å². The topological polar surface area (TPSA) is 116 Å². The maximum Gasteiger partial charge on any atom is 0.332 e. The predicted octanol–water partition coefficient (Wildman–Crippen LogP) is 2.78. The number of rotatable bonds is 8. The Labute approximate surface area is 195 Å². The first kappa shape index (κ1) is 24.4. The first-order chi connectivity index (χ1) is 15.6. The number of nitrogens with one attached hydrogen (secondary N) is 1. The van der Waals surface area contributed by atoms with E-state index in [-0.39, 0.29) is 34.4 Å². The molecule has 3 rings (SSSR count). The number of aromatic nitrogens is 4. The summed E-state index contributed by atoms with van der Waals surface area (Å²) in [5.41, 5.74) is 0.476. The minimum atomic E-state index is -0.485. The van der Waals surface area contributed by atoms with Gasteiger partial charge in [-0.3, -0.25) is 23.5 Å². The smallest absolute Gasteiger partial charge is 0.326 e. The minimum absolute atomic E-state index is 0.0542. The van der Waals surface area contributed by atoms with E-state index in [0.29, 0.717) is 35.1 Å². The van der Waals surface area contributed by atoms with Crippen LogP contribution in [0.1, 0.15) is 43.4 Å². The minimum Gasteiger partial charge on any atom is -0.326 e. The zero-order chi connectivity index (χ0) is 24.3. The Bertz CT molecular complexity index is 1330. The van der Waals surface area contributed by atoms with E-state index in [1.54, 1.807) is 38.1 Å². The zero-order valence-corrected chi connectivity index (χ0v) is 20.2. The first-order valence-electron chi connectivity index (χ1n) is 10.7. The summed E-state index contributed by atoms with van der Waals surface area (Å²) in [4.78, 5) is 58.7. The molecule has 174 valence electrons. The van der Waals surface area contributed by atoms with Gasteiger partial charge >= 0.3 is 5.69 Å². The van der Waals surface area contributed by atoms with Crippen molar-refractivity contribution in [2.75, 3.05) is 11.1 Å². The largest absolute Gasteiger partial charge is 0.332 e. The maximum atomic E-state index is 12.9. The van der Waals surface area contributed by atoms with Gasteiger partial charge in [-0.2, -0.15) is 0 Å². The van der Waals surface area contributed by atoms with Crippen LogP contribution in [0.4, 0.5) is 5.69 Å². The van der Waals surface area contributed by atoms with Crippen molar-refractivity contribution in [3.8, 4) is 0 Å². The van der Waals surface area contributed by atoms with Gasteiger partial charge in [-0.1, -0.05) is 32.5 Å². The molecule has 1 amide bonds. The van der Waals surface area contributed by atoms with Gasteiger partial charge in [0.15, 0.2) is 11.4 Å². The summed E-state index contributed by atoms with van der Waals surface area (Å²) in [5.74, 6) is 0.386. The van der Waals surface area contributed by atoms with E-state index >= 15 is 0 Å². The molecule has 0 aliphatic rings. The number of anilines is 1. The van der Waals surface area contributed by atoms with Crippen molar-refractivity contribution >= 4 is 40.2 Å². The number of carbonyl (C=O) groups excluding carboxylic acids is 2. The molecule has 0 bridgehead atoms. The number of benzene rings is 1. The summed E-state index contributed by atoms with van der Waals surface area (Å²) < 4.78 is 2.55. The number of Topliss-reactive ketones (excluding diaryl/α,β-unsaturated/α-hetero) is 1. The van der Waals surface area contributed by atoms with Gasteiger partial charge in [0.2, 0.25) is 5.91 Å². The quantitative estimate of drug-likeness (QED) is 0.306. The molecule has 3 aromatic rings. The fraction of sp³-hybridized carbons (Fsp3) is 0.391. The molecule has 0 aliphatic heterocycles. The third kappa shape index (κ3) is 5.39. The Kier molecular flexibility index (Phi) is 7.47. The van der Waals surface area contributed by atoms with Crippen LogP contribution < -0.4 is 16.6 Å². The molecule has 1 N–H and O–H groups in total. The average Bonchev–Trinajstić information content (AvgIpc) is 2.78. The van der Waals surface area contributed by atoms with Gasteiger partial charge in [0, 0.05) is 31.3 Å². The molecular formula is C23H27N5O4S. The normalized spacial score (nSPS) is 11.2. The number of carbonyl (C=O) groups is 2. The Hall–Kier alpha value is -3.27. The molecule has 0 saturated carbocycles. The lowest BCUT2D eigenvalue weighted by Gasteiger charge is -2.15. The number of nitrogens with zero attached hydrogens (tertiary/aromatic N) is 4. The van der Waals surface area contributed by atoms with E-state index in [1.807, 2.05) is 13.8 Å². The number of thioether (sulfide) groups is 1. The van der Waals surface area contributed by atoms with Crippen LogP contribution in [0.5, 0.6) is 0 Å². The van der Waals surface area contributed by atoms with Crippen LogP contribution in [-0.4, -0.2) is 36.5 Å². The maximum absolute atomic E-state index is 12.9. The van der Waals surface area contributed by atoms with Crippen LogP contribution in [0.2, 0.25) is 0 Å². The Balaban J connectivity index is 1.92. The summed E-state index contributed by atoms with van der Waals surface area (Å²) >= 11 is 1.14. The Morgan fingerprint density at radius 1 is 1.12 bits per heavy atom. The highest BCUT2D eigenvalue weighted by Gasteiger charge is 2.19. The van der Waals surface area contributed by atoms with E-state index in [2.05, 4.69) is 15.3 Å². The van der Waals surface area contributed by atoms with Crippen molar-refractivity contribution in [3.05, 3.63) is 56.5 Å². The molecule has 0 unspecified atom stereocenters. The molecule has 0 fully saturated rings. The molecule has 0 aliphatic carbocycles. The van der Waals surface area contributed by atoms with Crippen molar-refractivity contribution in [2.24, 2.45) is 13.0 Å². The standard InChI is InChI=1S/C23H27N5O4S/c1-6-18(30)26-16-9-7-15(8-10-16)17(29)12-33-21-19-20(24-14(4)25-21)28(11-13(2)3)23(32)27(5)22(19)31/h7-10,13H,6,11-12H2,1-5H3,(H,26,30). The van der Waals surface area contributed by atoms with Crippen molar-refractivity contribution < 1.29 is 9.59 Å². The van der Waals surface area contributed by atoms with Gasteiger partial charge in [0.05, 0.1) is 5.75 Å². The molecular weight excluding hydrogens is 442 g/mol. The second-order valence-electron chi connectivity index (χ2n) is 8.12. The lowest BCUT2D eigenvalue weighted by Crippen LogP contribution is -2.39. The number of ketones is 1. The molecule has 9 nitrogen and oxygen atoms in total. The number of hydrogen-bond donors (Lipinski definition) is 1. The van der Waals surface area contributed by atoms with Crippen molar-refractivity contribution in [2.45, 2.75) is 45.7 Å².